The second-order valence-electron chi connectivity index (χ2n) is 2.73. The summed E-state index contributed by atoms with van der Waals surface area (Å²) < 4.78 is 1.71. The number of carboxylic acid groups (broad SMARTS) is 1. The average molecular weight is 152 g/mol. The molecule has 58 valence electrons. The third-order valence-electron chi connectivity index (χ3n) is 1.94. The Morgan fingerprint density at radius 1 is 1.73 bits per heavy atom. The number of carbonyl (C=O) groups is 1. The predicted octanol–water partition coefficient (Wildman–Crippen LogP) is 0.529. The van der Waals surface area contributed by atoms with E-state index >= 15 is 0 Å². The molecule has 1 heterocycles. The van der Waals surface area contributed by atoms with Gasteiger partial charge in [-0.3, -0.25) is 9.48 Å². The fourth-order valence-corrected chi connectivity index (χ4v) is 1.22. The van der Waals surface area contributed by atoms with Crippen LogP contribution >= 0.6 is 0 Å². The molecule has 1 aromatic heterocycles. The standard InChI is InChI=1S/C7H8N2O2/c10-7(11)5-4-6(5)9-3-1-2-8-9/h1-3,5-6H,4H2,(H,10,11). The first kappa shape index (κ1) is 6.39. The van der Waals surface area contributed by atoms with Gasteiger partial charge in [0.25, 0.3) is 0 Å². The number of nitrogens with zero attached hydrogens (tertiary/aromatic N) is 2. The molecule has 4 heteroatoms. The van der Waals surface area contributed by atoms with Gasteiger partial charge in [0, 0.05) is 12.4 Å². The molecular formula is C7H8N2O2. The van der Waals surface area contributed by atoms with Crippen molar-refractivity contribution in [2.24, 2.45) is 5.92 Å². The lowest BCUT2D eigenvalue weighted by Crippen LogP contribution is -2.03. The van der Waals surface area contributed by atoms with Gasteiger partial charge in [0.1, 0.15) is 0 Å². The molecule has 1 N–H and O–H groups in total. The Kier molecular flexibility index (Phi) is 1.21. The van der Waals surface area contributed by atoms with Crippen LogP contribution in [0.2, 0.25) is 0 Å². The van der Waals surface area contributed by atoms with E-state index in [9.17, 15) is 4.79 Å². The third kappa shape index (κ3) is 1.00. The van der Waals surface area contributed by atoms with Crippen molar-refractivity contribution < 1.29 is 9.90 Å². The van der Waals surface area contributed by atoms with E-state index in [4.69, 9.17) is 5.11 Å². The van der Waals surface area contributed by atoms with E-state index < -0.39 is 5.97 Å². The predicted molar refractivity (Wildman–Crippen MR) is 37.0 cm³/mol. The molecule has 1 fully saturated rings. The van der Waals surface area contributed by atoms with Crippen LogP contribution in [0.15, 0.2) is 18.5 Å². The van der Waals surface area contributed by atoms with Crippen LogP contribution in [0.25, 0.3) is 0 Å². The highest BCUT2D eigenvalue weighted by Crippen LogP contribution is 2.42. The molecule has 2 unspecified atom stereocenters. The molecule has 1 saturated carbocycles. The van der Waals surface area contributed by atoms with Gasteiger partial charge in [-0.2, -0.15) is 5.10 Å². The summed E-state index contributed by atoms with van der Waals surface area (Å²) in [6.45, 7) is 0. The lowest BCUT2D eigenvalue weighted by Gasteiger charge is -1.94. The van der Waals surface area contributed by atoms with Gasteiger partial charge < -0.3 is 5.11 Å². The normalized spacial score (nSPS) is 28.4. The largest absolute Gasteiger partial charge is 0.481 e. The molecule has 1 aliphatic rings. The summed E-state index contributed by atoms with van der Waals surface area (Å²) in [5.74, 6) is -0.930. The maximum atomic E-state index is 10.4. The van der Waals surface area contributed by atoms with Crippen molar-refractivity contribution >= 4 is 5.97 Å². The quantitative estimate of drug-likeness (QED) is 0.672. The molecule has 2 rings (SSSR count). The Hall–Kier alpha value is -1.32. The third-order valence-corrected chi connectivity index (χ3v) is 1.94. The van der Waals surface area contributed by atoms with Crippen molar-refractivity contribution in [1.29, 1.82) is 0 Å². The molecule has 0 spiro atoms. The van der Waals surface area contributed by atoms with Gasteiger partial charge in [0.05, 0.1) is 12.0 Å². The Morgan fingerprint density at radius 3 is 3.00 bits per heavy atom. The molecule has 0 saturated heterocycles. The summed E-state index contributed by atoms with van der Waals surface area (Å²) in [7, 11) is 0. The minimum absolute atomic E-state index is 0.0995. The molecule has 1 aliphatic carbocycles. The Morgan fingerprint density at radius 2 is 2.55 bits per heavy atom. The molecule has 0 bridgehead atoms. The SMILES string of the molecule is O=C(O)C1CC1n1cccn1. The monoisotopic (exact) mass is 152 g/mol. The number of aliphatic carboxylic acids is 1. The highest BCUT2D eigenvalue weighted by Gasteiger charge is 2.45. The van der Waals surface area contributed by atoms with Crippen molar-refractivity contribution in [3.8, 4) is 0 Å². The molecular weight excluding hydrogens is 144 g/mol. The lowest BCUT2D eigenvalue weighted by molar-refractivity contribution is -0.138. The number of hydrogen-bond donors (Lipinski definition) is 1. The first-order valence-corrected chi connectivity index (χ1v) is 3.51. The minimum atomic E-state index is -0.717. The maximum absolute atomic E-state index is 10.4. The fraction of sp³-hybridized carbons (Fsp3) is 0.429. The molecule has 2 atom stereocenters. The van der Waals surface area contributed by atoms with E-state index in [0.717, 1.165) is 6.42 Å². The van der Waals surface area contributed by atoms with Crippen LogP contribution in [0, 0.1) is 5.92 Å². The van der Waals surface area contributed by atoms with Crippen LogP contribution in [0.1, 0.15) is 12.5 Å². The Bertz CT molecular complexity index is 268. The molecule has 0 amide bonds. The smallest absolute Gasteiger partial charge is 0.308 e. The van der Waals surface area contributed by atoms with E-state index in [1.807, 2.05) is 0 Å². The van der Waals surface area contributed by atoms with Gasteiger partial charge in [-0.1, -0.05) is 0 Å². The van der Waals surface area contributed by atoms with Crippen LogP contribution in [-0.2, 0) is 4.79 Å². The molecule has 0 aliphatic heterocycles. The second kappa shape index (κ2) is 2.08. The molecule has 4 nitrogen and oxygen atoms in total. The van der Waals surface area contributed by atoms with Crippen molar-refractivity contribution in [3.05, 3.63) is 18.5 Å². The van der Waals surface area contributed by atoms with Gasteiger partial charge in [-0.05, 0) is 12.5 Å². The van der Waals surface area contributed by atoms with Crippen molar-refractivity contribution in [1.82, 2.24) is 9.78 Å². The zero-order valence-electron chi connectivity index (χ0n) is 5.84. The van der Waals surface area contributed by atoms with Gasteiger partial charge in [0.15, 0.2) is 0 Å². The zero-order valence-corrected chi connectivity index (χ0v) is 5.84. The first-order chi connectivity index (χ1) is 5.29. The Labute approximate surface area is 63.4 Å². The van der Waals surface area contributed by atoms with E-state index in [0.29, 0.717) is 0 Å². The van der Waals surface area contributed by atoms with Gasteiger partial charge in [0.2, 0.25) is 0 Å². The molecule has 11 heavy (non-hydrogen) atoms. The summed E-state index contributed by atoms with van der Waals surface area (Å²) in [6, 6.07) is 1.90. The molecule has 1 aromatic rings. The summed E-state index contributed by atoms with van der Waals surface area (Å²) in [4.78, 5) is 10.4. The van der Waals surface area contributed by atoms with Gasteiger partial charge in [-0.15, -0.1) is 0 Å². The zero-order chi connectivity index (χ0) is 7.84. The first-order valence-electron chi connectivity index (χ1n) is 3.51. The van der Waals surface area contributed by atoms with E-state index in [1.54, 1.807) is 23.1 Å². The topological polar surface area (TPSA) is 55.1 Å². The van der Waals surface area contributed by atoms with Crippen molar-refractivity contribution in [2.45, 2.75) is 12.5 Å². The Balaban J connectivity index is 2.08. The molecule has 0 radical (unpaired) electrons. The number of carboxylic acids is 1. The minimum Gasteiger partial charge on any atom is -0.481 e. The lowest BCUT2D eigenvalue weighted by atomic mass is 10.4. The van der Waals surface area contributed by atoms with E-state index in [1.165, 1.54) is 0 Å². The number of hydrogen-bond acceptors (Lipinski definition) is 2. The van der Waals surface area contributed by atoms with Crippen LogP contribution in [0.4, 0.5) is 0 Å². The van der Waals surface area contributed by atoms with E-state index in [-0.39, 0.29) is 12.0 Å². The molecule has 0 aromatic carbocycles. The van der Waals surface area contributed by atoms with E-state index in [2.05, 4.69) is 5.10 Å². The van der Waals surface area contributed by atoms with Crippen LogP contribution in [-0.4, -0.2) is 20.9 Å². The number of rotatable bonds is 2. The van der Waals surface area contributed by atoms with Gasteiger partial charge >= 0.3 is 5.97 Å². The number of aromatic nitrogens is 2. The highest BCUT2D eigenvalue weighted by atomic mass is 16.4. The van der Waals surface area contributed by atoms with Crippen molar-refractivity contribution in [3.63, 3.8) is 0 Å². The summed E-state index contributed by atoms with van der Waals surface area (Å²) in [5.41, 5.74) is 0. The second-order valence-corrected chi connectivity index (χ2v) is 2.73. The van der Waals surface area contributed by atoms with Crippen LogP contribution in [0.5, 0.6) is 0 Å². The van der Waals surface area contributed by atoms with Crippen LogP contribution in [0.3, 0.4) is 0 Å². The fourth-order valence-electron chi connectivity index (χ4n) is 1.22. The summed E-state index contributed by atoms with van der Waals surface area (Å²) in [5, 5.41) is 12.5. The summed E-state index contributed by atoms with van der Waals surface area (Å²) >= 11 is 0. The van der Waals surface area contributed by atoms with Crippen LogP contribution < -0.4 is 0 Å². The highest BCUT2D eigenvalue weighted by molar-refractivity contribution is 5.73. The van der Waals surface area contributed by atoms with Gasteiger partial charge in [-0.25, -0.2) is 0 Å². The average Bonchev–Trinajstić information content (AvgIpc) is 2.60. The summed E-state index contributed by atoms with van der Waals surface area (Å²) in [6.07, 6.45) is 4.18. The maximum Gasteiger partial charge on any atom is 0.308 e. The van der Waals surface area contributed by atoms with Crippen molar-refractivity contribution in [2.75, 3.05) is 0 Å².